The average Bonchev–Trinajstić information content (AvgIpc) is 2.89. The maximum atomic E-state index is 13.0. The summed E-state index contributed by atoms with van der Waals surface area (Å²) < 4.78 is 18.5. The molecule has 0 radical (unpaired) electrons. The van der Waals surface area contributed by atoms with E-state index in [0.717, 1.165) is 25.1 Å². The molecule has 2 atom stereocenters. The first-order valence-corrected chi connectivity index (χ1v) is 7.40. The zero-order valence-corrected chi connectivity index (χ0v) is 12.3. The summed E-state index contributed by atoms with van der Waals surface area (Å²) in [6.07, 6.45) is 0.982. The Kier molecular flexibility index (Phi) is 5.70. The van der Waals surface area contributed by atoms with Gasteiger partial charge in [-0.15, -0.1) is 0 Å². The Labute approximate surface area is 124 Å². The number of hydrogen-bond donors (Lipinski definition) is 1. The molecule has 4 nitrogen and oxygen atoms in total. The molecule has 1 fully saturated rings. The summed E-state index contributed by atoms with van der Waals surface area (Å²) in [6, 6.07) is 6.16. The smallest absolute Gasteiger partial charge is 0.308 e. The van der Waals surface area contributed by atoms with Gasteiger partial charge in [-0.25, -0.2) is 4.39 Å². The van der Waals surface area contributed by atoms with Crippen molar-refractivity contribution in [2.75, 3.05) is 32.8 Å². The van der Waals surface area contributed by atoms with Gasteiger partial charge in [-0.2, -0.15) is 0 Å². The third-order valence-corrected chi connectivity index (χ3v) is 3.91. The van der Waals surface area contributed by atoms with Crippen LogP contribution in [0.15, 0.2) is 24.3 Å². The Morgan fingerprint density at radius 2 is 2.05 bits per heavy atom. The number of benzene rings is 1. The van der Waals surface area contributed by atoms with Crippen molar-refractivity contribution in [2.24, 2.45) is 5.92 Å². The highest BCUT2D eigenvalue weighted by Gasteiger charge is 2.38. The quantitative estimate of drug-likeness (QED) is 0.785. The standard InChI is InChI=1S/C16H22FNO3/c1-2-8-21-9-7-18-10-14(15(11-18)16(19)20)12-3-5-13(17)6-4-12/h3-6,14-15H,2,7-11H2,1H3,(H,19,20)/t14-,15+/m1/s1. The van der Waals surface area contributed by atoms with Crippen molar-refractivity contribution < 1.29 is 19.0 Å². The van der Waals surface area contributed by atoms with Crippen LogP contribution < -0.4 is 0 Å². The largest absolute Gasteiger partial charge is 0.481 e. The summed E-state index contributed by atoms with van der Waals surface area (Å²) in [6.45, 7) is 5.35. The zero-order chi connectivity index (χ0) is 15.2. The molecule has 1 aromatic rings. The number of likely N-dealkylation sites (tertiary alicyclic amines) is 1. The minimum absolute atomic E-state index is 0.0886. The predicted molar refractivity (Wildman–Crippen MR) is 77.8 cm³/mol. The summed E-state index contributed by atoms with van der Waals surface area (Å²) >= 11 is 0. The third kappa shape index (κ3) is 4.25. The summed E-state index contributed by atoms with van der Waals surface area (Å²) in [7, 11) is 0. The van der Waals surface area contributed by atoms with Crippen LogP contribution in [0, 0.1) is 11.7 Å². The molecule has 0 aromatic heterocycles. The third-order valence-electron chi connectivity index (χ3n) is 3.91. The molecular formula is C16H22FNO3. The van der Waals surface area contributed by atoms with E-state index in [1.807, 2.05) is 0 Å². The molecule has 1 aromatic carbocycles. The normalized spacial score (nSPS) is 22.6. The van der Waals surface area contributed by atoms with Gasteiger partial charge in [0, 0.05) is 32.2 Å². The summed E-state index contributed by atoms with van der Waals surface area (Å²) in [5, 5.41) is 9.40. The van der Waals surface area contributed by atoms with Crippen molar-refractivity contribution in [2.45, 2.75) is 19.3 Å². The average molecular weight is 295 g/mol. The number of carboxylic acid groups (broad SMARTS) is 1. The first kappa shape index (κ1) is 15.9. The monoisotopic (exact) mass is 295 g/mol. The summed E-state index contributed by atoms with van der Waals surface area (Å²) in [5.41, 5.74) is 0.890. The van der Waals surface area contributed by atoms with Crippen molar-refractivity contribution in [3.05, 3.63) is 35.6 Å². The lowest BCUT2D eigenvalue weighted by molar-refractivity contribution is -0.141. The second-order valence-electron chi connectivity index (χ2n) is 5.47. The highest BCUT2D eigenvalue weighted by atomic mass is 19.1. The Balaban J connectivity index is 1.98. The molecule has 21 heavy (non-hydrogen) atoms. The molecule has 0 unspecified atom stereocenters. The van der Waals surface area contributed by atoms with Gasteiger partial charge in [0.05, 0.1) is 12.5 Å². The molecule has 1 aliphatic rings. The molecule has 5 heteroatoms. The minimum Gasteiger partial charge on any atom is -0.481 e. The fourth-order valence-electron chi connectivity index (χ4n) is 2.81. The zero-order valence-electron chi connectivity index (χ0n) is 12.3. The van der Waals surface area contributed by atoms with Gasteiger partial charge in [0.15, 0.2) is 0 Å². The van der Waals surface area contributed by atoms with Crippen LogP contribution in [-0.4, -0.2) is 48.8 Å². The topological polar surface area (TPSA) is 49.8 Å². The van der Waals surface area contributed by atoms with Gasteiger partial charge in [0.2, 0.25) is 0 Å². The van der Waals surface area contributed by atoms with Gasteiger partial charge in [-0.1, -0.05) is 19.1 Å². The van der Waals surface area contributed by atoms with Crippen LogP contribution in [0.3, 0.4) is 0 Å². The van der Waals surface area contributed by atoms with Crippen molar-refractivity contribution in [3.63, 3.8) is 0 Å². The predicted octanol–water partition coefficient (Wildman–Crippen LogP) is 2.35. The molecule has 2 rings (SSSR count). The van der Waals surface area contributed by atoms with Gasteiger partial charge >= 0.3 is 5.97 Å². The van der Waals surface area contributed by atoms with Crippen molar-refractivity contribution in [1.82, 2.24) is 4.90 Å². The fourth-order valence-corrected chi connectivity index (χ4v) is 2.81. The van der Waals surface area contributed by atoms with E-state index in [9.17, 15) is 14.3 Å². The molecule has 0 spiro atoms. The number of carboxylic acids is 1. The number of nitrogens with zero attached hydrogens (tertiary/aromatic N) is 1. The Bertz CT molecular complexity index is 463. The second kappa shape index (κ2) is 7.52. The molecule has 0 aliphatic carbocycles. The van der Waals surface area contributed by atoms with Crippen LogP contribution >= 0.6 is 0 Å². The van der Waals surface area contributed by atoms with Crippen LogP contribution in [0.2, 0.25) is 0 Å². The SMILES string of the molecule is CCCOCCN1C[C@H](C(=O)O)[C@@H](c2ccc(F)cc2)C1. The van der Waals surface area contributed by atoms with Gasteiger partial charge in [0.25, 0.3) is 0 Å². The summed E-state index contributed by atoms with van der Waals surface area (Å²) in [4.78, 5) is 13.6. The Morgan fingerprint density at radius 3 is 2.67 bits per heavy atom. The number of carbonyl (C=O) groups is 1. The lowest BCUT2D eigenvalue weighted by atomic mass is 9.89. The lowest BCUT2D eigenvalue weighted by Gasteiger charge is -2.16. The lowest BCUT2D eigenvalue weighted by Crippen LogP contribution is -2.26. The number of hydrogen-bond acceptors (Lipinski definition) is 3. The molecule has 116 valence electrons. The maximum absolute atomic E-state index is 13.0. The molecule has 0 bridgehead atoms. The van der Waals surface area contributed by atoms with E-state index in [0.29, 0.717) is 19.7 Å². The molecule has 0 saturated carbocycles. The van der Waals surface area contributed by atoms with E-state index in [4.69, 9.17) is 4.74 Å². The first-order valence-electron chi connectivity index (χ1n) is 7.40. The molecule has 1 aliphatic heterocycles. The van der Waals surface area contributed by atoms with Crippen LogP contribution in [0.1, 0.15) is 24.8 Å². The van der Waals surface area contributed by atoms with Crippen molar-refractivity contribution in [3.8, 4) is 0 Å². The van der Waals surface area contributed by atoms with E-state index >= 15 is 0 Å². The molecule has 0 amide bonds. The van der Waals surface area contributed by atoms with E-state index in [1.165, 1.54) is 12.1 Å². The van der Waals surface area contributed by atoms with E-state index < -0.39 is 11.9 Å². The molecular weight excluding hydrogens is 273 g/mol. The fraction of sp³-hybridized carbons (Fsp3) is 0.562. The number of rotatable bonds is 7. The maximum Gasteiger partial charge on any atom is 0.308 e. The second-order valence-corrected chi connectivity index (χ2v) is 5.47. The molecule has 1 saturated heterocycles. The molecule has 1 heterocycles. The highest BCUT2D eigenvalue weighted by Crippen LogP contribution is 2.32. The molecule has 1 N–H and O–H groups in total. The first-order chi connectivity index (χ1) is 10.1. The minimum atomic E-state index is -0.790. The van der Waals surface area contributed by atoms with Gasteiger partial charge in [-0.3, -0.25) is 9.69 Å². The van der Waals surface area contributed by atoms with E-state index in [1.54, 1.807) is 12.1 Å². The Hall–Kier alpha value is -1.46. The number of halogens is 1. The van der Waals surface area contributed by atoms with E-state index in [2.05, 4.69) is 11.8 Å². The Morgan fingerprint density at radius 1 is 1.33 bits per heavy atom. The summed E-state index contributed by atoms with van der Waals surface area (Å²) in [5.74, 6) is -1.62. The van der Waals surface area contributed by atoms with Crippen LogP contribution in [0.25, 0.3) is 0 Å². The van der Waals surface area contributed by atoms with Gasteiger partial charge < -0.3 is 9.84 Å². The van der Waals surface area contributed by atoms with E-state index in [-0.39, 0.29) is 11.7 Å². The van der Waals surface area contributed by atoms with Crippen LogP contribution in [0.5, 0.6) is 0 Å². The van der Waals surface area contributed by atoms with Gasteiger partial charge in [0.1, 0.15) is 5.82 Å². The highest BCUT2D eigenvalue weighted by molar-refractivity contribution is 5.72. The van der Waals surface area contributed by atoms with Crippen molar-refractivity contribution in [1.29, 1.82) is 0 Å². The van der Waals surface area contributed by atoms with Crippen molar-refractivity contribution >= 4 is 5.97 Å². The van der Waals surface area contributed by atoms with Crippen LogP contribution in [-0.2, 0) is 9.53 Å². The number of aliphatic carboxylic acids is 1. The van der Waals surface area contributed by atoms with Gasteiger partial charge in [-0.05, 0) is 24.1 Å². The number of ether oxygens (including phenoxy) is 1. The van der Waals surface area contributed by atoms with Crippen LogP contribution in [0.4, 0.5) is 4.39 Å².